The van der Waals surface area contributed by atoms with E-state index in [9.17, 15) is 19.2 Å². The van der Waals surface area contributed by atoms with E-state index in [4.69, 9.17) is 11.5 Å². The van der Waals surface area contributed by atoms with Crippen molar-refractivity contribution in [3.05, 3.63) is 35.8 Å². The molecule has 0 rings (SSSR count). The second-order valence-corrected chi connectivity index (χ2v) is 3.53. The van der Waals surface area contributed by atoms with Gasteiger partial charge in [-0.25, -0.2) is 9.59 Å². The number of rotatable bonds is 4. The standard InChI is InChI=1S/C6H9NO4.C5H8O2.C2H5NO2.Y/c1-4(2)5(8)10-3-11-6(7)9;1-4(2)5(6)7-3;1-5-2(3)4;/h1,3H2,2H3,(H2,7,9);1H2,2-3H3;1H3,(H2,3,4);/p-2. The molecule has 0 aliphatic carbocycles. The monoisotopic (exact) mass is 421 g/mol. The van der Waals surface area contributed by atoms with Crippen molar-refractivity contribution >= 4 is 24.1 Å². The molecule has 10 nitrogen and oxygen atoms in total. The third-order valence-corrected chi connectivity index (χ3v) is 1.45. The van der Waals surface area contributed by atoms with Crippen LogP contribution in [0, 0.1) is 0 Å². The van der Waals surface area contributed by atoms with E-state index in [1.54, 1.807) is 6.92 Å². The molecule has 0 unspecified atom stereocenters. The van der Waals surface area contributed by atoms with E-state index in [0.29, 0.717) is 5.57 Å². The van der Waals surface area contributed by atoms with E-state index >= 15 is 0 Å². The van der Waals surface area contributed by atoms with Gasteiger partial charge in [0, 0.05) is 43.9 Å². The molecule has 0 spiro atoms. The van der Waals surface area contributed by atoms with E-state index < -0.39 is 24.9 Å². The van der Waals surface area contributed by atoms with Crippen molar-refractivity contribution in [2.75, 3.05) is 21.0 Å². The molecule has 0 aromatic heterocycles. The minimum Gasteiger partial charge on any atom is -0.632 e. The van der Waals surface area contributed by atoms with Crippen LogP contribution in [0.2, 0.25) is 0 Å². The third kappa shape index (κ3) is 28.3. The van der Waals surface area contributed by atoms with Gasteiger partial charge in [0.25, 0.3) is 0 Å². The predicted octanol–water partition coefficient (Wildman–Crippen LogP) is 2.79. The molecule has 0 bridgehead atoms. The molecule has 11 heteroatoms. The molecule has 0 fully saturated rings. The molecular weight excluding hydrogens is 401 g/mol. The number of esters is 2. The van der Waals surface area contributed by atoms with Crippen molar-refractivity contribution in [3.8, 4) is 0 Å². The molecule has 0 saturated carbocycles. The van der Waals surface area contributed by atoms with Gasteiger partial charge in [-0.3, -0.25) is 9.59 Å². The third-order valence-electron chi connectivity index (χ3n) is 1.45. The SMILES string of the molecule is C=C(C)C(=O)OC.C=C(C)C(=O)OCOC([NH-])=O.COC([NH-])=O.[Y]. The Morgan fingerprint density at radius 2 is 1.17 bits per heavy atom. The fourth-order valence-corrected chi connectivity index (χ4v) is 0.434. The number of nitrogens with one attached hydrogen (secondary N) is 2. The Labute approximate surface area is 165 Å². The molecule has 1 radical (unpaired) electrons. The van der Waals surface area contributed by atoms with E-state index in [1.807, 2.05) is 0 Å². The summed E-state index contributed by atoms with van der Waals surface area (Å²) in [5, 5.41) is 0. The summed E-state index contributed by atoms with van der Waals surface area (Å²) in [6.07, 6.45) is -2.23. The molecule has 0 aromatic carbocycles. The quantitative estimate of drug-likeness (QED) is 0.291. The number of hydrogen-bond acceptors (Lipinski definition) is 8. The number of carbonyl (C=O) groups is 4. The molecule has 24 heavy (non-hydrogen) atoms. The summed E-state index contributed by atoms with van der Waals surface area (Å²) in [4.78, 5) is 39.8. The number of amides is 2. The molecule has 0 aliphatic rings. The Balaban J connectivity index is -0.000000133. The van der Waals surface area contributed by atoms with E-state index in [-0.39, 0.29) is 44.3 Å². The van der Waals surface area contributed by atoms with Crippen LogP contribution in [0.15, 0.2) is 24.3 Å². The second-order valence-electron chi connectivity index (χ2n) is 3.53. The Kier molecular flexibility index (Phi) is 23.9. The smallest absolute Gasteiger partial charge is 0.335 e. The molecule has 2 N–H and O–H groups in total. The molecule has 0 atom stereocenters. The van der Waals surface area contributed by atoms with Crippen molar-refractivity contribution in [1.82, 2.24) is 0 Å². The first-order chi connectivity index (χ1) is 10.5. The number of ether oxygens (including phenoxy) is 4. The van der Waals surface area contributed by atoms with Gasteiger partial charge in [-0.05, 0) is 13.8 Å². The minimum atomic E-state index is -1.24. The first-order valence-corrected chi connectivity index (χ1v) is 5.73. The molecule has 0 saturated heterocycles. The van der Waals surface area contributed by atoms with E-state index in [1.165, 1.54) is 14.0 Å². The second kappa shape index (κ2) is 19.1. The summed E-state index contributed by atoms with van der Waals surface area (Å²) in [5.74, 6) is -0.994. The van der Waals surface area contributed by atoms with Gasteiger partial charge in [0.1, 0.15) is 0 Å². The largest absolute Gasteiger partial charge is 0.632 e. The van der Waals surface area contributed by atoms with Gasteiger partial charge >= 0.3 is 11.9 Å². The first-order valence-electron chi connectivity index (χ1n) is 5.73. The first kappa shape index (κ1) is 30.0. The zero-order chi connectivity index (χ0) is 19.0. The van der Waals surface area contributed by atoms with Crippen molar-refractivity contribution in [3.63, 3.8) is 0 Å². The fraction of sp³-hybridized carbons (Fsp3) is 0.385. The van der Waals surface area contributed by atoms with Crippen LogP contribution in [0.25, 0.3) is 11.5 Å². The van der Waals surface area contributed by atoms with Crippen LogP contribution in [-0.2, 0) is 61.2 Å². The maximum Gasteiger partial charge on any atom is 0.335 e. The Morgan fingerprint density at radius 1 is 0.792 bits per heavy atom. The van der Waals surface area contributed by atoms with Crippen LogP contribution in [0.4, 0.5) is 9.59 Å². The maximum atomic E-state index is 10.6. The zero-order valence-corrected chi connectivity index (χ0v) is 16.8. The number of carbonyl (C=O) groups excluding carboxylic acids is 4. The average molecular weight is 421 g/mol. The van der Waals surface area contributed by atoms with Gasteiger partial charge < -0.3 is 30.4 Å². The Hall–Kier alpha value is -1.94. The molecule has 2 amide bonds. The molecule has 135 valence electrons. The normalized spacial score (nSPS) is 7.50. The average Bonchev–Trinajstić information content (AvgIpc) is 2.46. The predicted molar refractivity (Wildman–Crippen MR) is 80.1 cm³/mol. The van der Waals surface area contributed by atoms with Crippen molar-refractivity contribution < 1.29 is 70.8 Å². The van der Waals surface area contributed by atoms with Crippen molar-refractivity contribution in [2.24, 2.45) is 0 Å². The van der Waals surface area contributed by atoms with Crippen LogP contribution >= 0.6 is 0 Å². The van der Waals surface area contributed by atoms with Crippen molar-refractivity contribution in [1.29, 1.82) is 0 Å². The molecule has 0 aromatic rings. The van der Waals surface area contributed by atoms with Crippen LogP contribution in [0.1, 0.15) is 13.8 Å². The maximum absolute atomic E-state index is 10.6. The summed E-state index contributed by atoms with van der Waals surface area (Å²) in [6, 6.07) is 0. The Morgan fingerprint density at radius 3 is 1.33 bits per heavy atom. The minimum absolute atomic E-state index is 0. The van der Waals surface area contributed by atoms with Gasteiger partial charge in [0.2, 0.25) is 19.0 Å². The summed E-state index contributed by atoms with van der Waals surface area (Å²) >= 11 is 0. The van der Waals surface area contributed by atoms with Gasteiger partial charge in [-0.1, -0.05) is 13.2 Å². The van der Waals surface area contributed by atoms with Gasteiger partial charge in [-0.15, -0.1) is 0 Å². The van der Waals surface area contributed by atoms with Crippen LogP contribution in [-0.4, -0.2) is 45.1 Å². The molecular formula is C13H20N2O8Y-2. The van der Waals surface area contributed by atoms with E-state index in [2.05, 4.69) is 32.1 Å². The van der Waals surface area contributed by atoms with Gasteiger partial charge in [0.05, 0.1) is 14.2 Å². The van der Waals surface area contributed by atoms with Crippen molar-refractivity contribution in [2.45, 2.75) is 13.8 Å². The zero-order valence-electron chi connectivity index (χ0n) is 14.0. The topological polar surface area (TPSA) is 153 Å². The van der Waals surface area contributed by atoms with Crippen LogP contribution < -0.4 is 0 Å². The summed E-state index contributed by atoms with van der Waals surface area (Å²) in [5.41, 5.74) is 12.9. The summed E-state index contributed by atoms with van der Waals surface area (Å²) in [6.45, 7) is 9.17. The fourth-order valence-electron chi connectivity index (χ4n) is 0.434. The Bertz CT molecular complexity index is 451. The van der Waals surface area contributed by atoms with Gasteiger partial charge in [-0.2, -0.15) is 0 Å². The van der Waals surface area contributed by atoms with Gasteiger partial charge in [0.15, 0.2) is 0 Å². The summed E-state index contributed by atoms with van der Waals surface area (Å²) < 4.78 is 16.4. The molecule has 0 heterocycles. The number of hydrogen-bond donors (Lipinski definition) is 0. The number of methoxy groups -OCH3 is 2. The van der Waals surface area contributed by atoms with E-state index in [0.717, 1.165) is 7.11 Å². The summed E-state index contributed by atoms with van der Waals surface area (Å²) in [7, 11) is 2.49. The molecule has 0 aliphatic heterocycles. The van der Waals surface area contributed by atoms with Crippen LogP contribution in [0.5, 0.6) is 0 Å². The van der Waals surface area contributed by atoms with Crippen LogP contribution in [0.3, 0.4) is 0 Å².